The predicted octanol–water partition coefficient (Wildman–Crippen LogP) is 3.58. The van der Waals surface area contributed by atoms with Crippen molar-refractivity contribution in [2.75, 3.05) is 5.32 Å². The van der Waals surface area contributed by atoms with Gasteiger partial charge in [0.25, 0.3) is 0 Å². The van der Waals surface area contributed by atoms with E-state index in [9.17, 15) is 9.50 Å². The molecular formula is C15H14FN3O. The molecule has 0 saturated carbocycles. The first-order valence-corrected chi connectivity index (χ1v) is 6.32. The van der Waals surface area contributed by atoms with Crippen LogP contribution in [0.3, 0.4) is 0 Å². The van der Waals surface area contributed by atoms with E-state index >= 15 is 0 Å². The van der Waals surface area contributed by atoms with Crippen LogP contribution in [0.15, 0.2) is 42.6 Å². The quantitative estimate of drug-likeness (QED) is 0.682. The average Bonchev–Trinajstić information content (AvgIpc) is 2.91. The lowest BCUT2D eigenvalue weighted by Crippen LogP contribution is -2.07. The van der Waals surface area contributed by atoms with E-state index in [2.05, 4.69) is 15.5 Å². The van der Waals surface area contributed by atoms with Crippen molar-refractivity contribution in [2.45, 2.75) is 13.0 Å². The summed E-state index contributed by atoms with van der Waals surface area (Å²) >= 11 is 0. The highest BCUT2D eigenvalue weighted by atomic mass is 19.1. The fourth-order valence-electron chi connectivity index (χ4n) is 2.27. The minimum atomic E-state index is -0.369. The largest absolute Gasteiger partial charge is 0.508 e. The Balaban J connectivity index is 1.94. The zero-order valence-electron chi connectivity index (χ0n) is 10.9. The van der Waals surface area contributed by atoms with Crippen LogP contribution in [0.4, 0.5) is 10.1 Å². The number of anilines is 1. The van der Waals surface area contributed by atoms with Crippen molar-refractivity contribution in [1.29, 1.82) is 0 Å². The summed E-state index contributed by atoms with van der Waals surface area (Å²) in [6.45, 7) is 1.86. The molecule has 102 valence electrons. The molecule has 0 aliphatic carbocycles. The van der Waals surface area contributed by atoms with Crippen molar-refractivity contribution >= 4 is 16.6 Å². The van der Waals surface area contributed by atoms with Crippen LogP contribution in [0.1, 0.15) is 18.5 Å². The molecular weight excluding hydrogens is 257 g/mol. The first kappa shape index (κ1) is 12.5. The van der Waals surface area contributed by atoms with Crippen LogP contribution in [0, 0.1) is 5.82 Å². The van der Waals surface area contributed by atoms with E-state index in [1.165, 1.54) is 18.2 Å². The number of hydrogen-bond donors (Lipinski definition) is 3. The third-order valence-electron chi connectivity index (χ3n) is 3.30. The average molecular weight is 271 g/mol. The van der Waals surface area contributed by atoms with Crippen LogP contribution < -0.4 is 5.32 Å². The van der Waals surface area contributed by atoms with E-state index in [-0.39, 0.29) is 17.6 Å². The first-order valence-electron chi connectivity index (χ1n) is 6.32. The van der Waals surface area contributed by atoms with Crippen LogP contribution in [0.25, 0.3) is 10.9 Å². The Hall–Kier alpha value is -2.56. The standard InChI is InChI=1S/C15H14FN3O/c1-9(12-7-11(16)5-6-14(12)20)18-13-4-2-3-10-8-17-19-15(10)13/h2-9,18,20H,1H3,(H,17,19). The molecule has 3 N–H and O–H groups in total. The number of aromatic amines is 1. The number of hydrogen-bond acceptors (Lipinski definition) is 3. The number of para-hydroxylation sites is 1. The second-order valence-corrected chi connectivity index (χ2v) is 4.71. The van der Waals surface area contributed by atoms with E-state index < -0.39 is 0 Å². The van der Waals surface area contributed by atoms with E-state index in [0.29, 0.717) is 5.56 Å². The Labute approximate surface area is 115 Å². The van der Waals surface area contributed by atoms with Gasteiger partial charge in [0.15, 0.2) is 0 Å². The zero-order valence-corrected chi connectivity index (χ0v) is 10.9. The number of fused-ring (bicyclic) bond motifs is 1. The van der Waals surface area contributed by atoms with Crippen molar-refractivity contribution in [3.8, 4) is 5.75 Å². The summed E-state index contributed by atoms with van der Waals surface area (Å²) in [5, 5.41) is 21.0. The smallest absolute Gasteiger partial charge is 0.123 e. The van der Waals surface area contributed by atoms with E-state index in [0.717, 1.165) is 16.6 Å². The molecule has 3 aromatic rings. The lowest BCUT2D eigenvalue weighted by Gasteiger charge is -2.17. The van der Waals surface area contributed by atoms with Crippen LogP contribution in [0.2, 0.25) is 0 Å². The predicted molar refractivity (Wildman–Crippen MR) is 76.2 cm³/mol. The van der Waals surface area contributed by atoms with E-state index in [1.807, 2.05) is 25.1 Å². The Kier molecular flexibility index (Phi) is 3.02. The van der Waals surface area contributed by atoms with Crippen LogP contribution in [-0.4, -0.2) is 15.3 Å². The first-order chi connectivity index (χ1) is 9.65. The normalized spacial score (nSPS) is 12.5. The third kappa shape index (κ3) is 2.18. The highest BCUT2D eigenvalue weighted by molar-refractivity contribution is 5.90. The van der Waals surface area contributed by atoms with Crippen LogP contribution in [0.5, 0.6) is 5.75 Å². The molecule has 5 heteroatoms. The van der Waals surface area contributed by atoms with Crippen molar-refractivity contribution in [3.63, 3.8) is 0 Å². The summed E-state index contributed by atoms with van der Waals surface area (Å²) in [6.07, 6.45) is 1.74. The molecule has 0 aliphatic heterocycles. The maximum Gasteiger partial charge on any atom is 0.123 e. The number of benzene rings is 2. The second-order valence-electron chi connectivity index (χ2n) is 4.71. The minimum absolute atomic E-state index is 0.0724. The molecule has 1 unspecified atom stereocenters. The van der Waals surface area contributed by atoms with Crippen molar-refractivity contribution in [1.82, 2.24) is 10.2 Å². The van der Waals surface area contributed by atoms with Crippen LogP contribution in [-0.2, 0) is 0 Å². The lowest BCUT2D eigenvalue weighted by molar-refractivity contribution is 0.462. The highest BCUT2D eigenvalue weighted by Gasteiger charge is 2.13. The number of aromatic hydroxyl groups is 1. The van der Waals surface area contributed by atoms with Gasteiger partial charge in [0.1, 0.15) is 11.6 Å². The summed E-state index contributed by atoms with van der Waals surface area (Å²) in [5.41, 5.74) is 2.26. The molecule has 0 saturated heterocycles. The number of H-pyrrole nitrogens is 1. The molecule has 0 aliphatic rings. The van der Waals surface area contributed by atoms with Gasteiger partial charge in [-0.2, -0.15) is 5.10 Å². The fourth-order valence-corrected chi connectivity index (χ4v) is 2.27. The molecule has 1 heterocycles. The molecule has 2 aromatic carbocycles. The second kappa shape index (κ2) is 4.85. The molecule has 4 nitrogen and oxygen atoms in total. The topological polar surface area (TPSA) is 60.9 Å². The monoisotopic (exact) mass is 271 g/mol. The van der Waals surface area contributed by atoms with E-state index in [4.69, 9.17) is 0 Å². The third-order valence-corrected chi connectivity index (χ3v) is 3.30. The number of phenols is 1. The molecule has 0 bridgehead atoms. The van der Waals surface area contributed by atoms with Gasteiger partial charge in [-0.3, -0.25) is 5.10 Å². The Morgan fingerprint density at radius 1 is 1.30 bits per heavy atom. The van der Waals surface area contributed by atoms with Crippen molar-refractivity contribution in [2.24, 2.45) is 0 Å². The summed E-state index contributed by atoms with van der Waals surface area (Å²) < 4.78 is 13.3. The molecule has 3 rings (SSSR count). The number of halogens is 1. The lowest BCUT2D eigenvalue weighted by atomic mass is 10.1. The Morgan fingerprint density at radius 2 is 2.15 bits per heavy atom. The Bertz CT molecular complexity index is 754. The molecule has 1 atom stereocenters. The van der Waals surface area contributed by atoms with Gasteiger partial charge in [0.2, 0.25) is 0 Å². The Morgan fingerprint density at radius 3 is 3.00 bits per heavy atom. The van der Waals surface area contributed by atoms with Gasteiger partial charge in [-0.05, 0) is 31.2 Å². The van der Waals surface area contributed by atoms with Gasteiger partial charge < -0.3 is 10.4 Å². The molecule has 0 amide bonds. The zero-order chi connectivity index (χ0) is 14.1. The number of phenolic OH excluding ortho intramolecular Hbond substituents is 1. The van der Waals surface area contributed by atoms with Gasteiger partial charge in [-0.1, -0.05) is 12.1 Å². The SMILES string of the molecule is CC(Nc1cccc2cn[nH]c12)c1cc(F)ccc1O. The minimum Gasteiger partial charge on any atom is -0.508 e. The number of nitrogens with zero attached hydrogens (tertiary/aromatic N) is 1. The van der Waals surface area contributed by atoms with E-state index in [1.54, 1.807) is 6.20 Å². The maximum atomic E-state index is 13.3. The van der Waals surface area contributed by atoms with Crippen molar-refractivity contribution in [3.05, 3.63) is 54.0 Å². The molecule has 20 heavy (non-hydrogen) atoms. The maximum absolute atomic E-state index is 13.3. The number of nitrogens with one attached hydrogen (secondary N) is 2. The van der Waals surface area contributed by atoms with Gasteiger partial charge >= 0.3 is 0 Å². The number of aromatic nitrogens is 2. The van der Waals surface area contributed by atoms with Crippen molar-refractivity contribution < 1.29 is 9.50 Å². The molecule has 1 aromatic heterocycles. The van der Waals surface area contributed by atoms with Crippen LogP contribution >= 0.6 is 0 Å². The summed E-state index contributed by atoms with van der Waals surface area (Å²) in [5.74, 6) is -0.297. The summed E-state index contributed by atoms with van der Waals surface area (Å²) in [4.78, 5) is 0. The highest BCUT2D eigenvalue weighted by Crippen LogP contribution is 2.29. The van der Waals surface area contributed by atoms with Gasteiger partial charge in [0.05, 0.1) is 23.4 Å². The fraction of sp³-hybridized carbons (Fsp3) is 0.133. The van der Waals surface area contributed by atoms with Gasteiger partial charge in [-0.15, -0.1) is 0 Å². The number of rotatable bonds is 3. The molecule has 0 fully saturated rings. The summed E-state index contributed by atoms with van der Waals surface area (Å²) in [7, 11) is 0. The summed E-state index contributed by atoms with van der Waals surface area (Å²) in [6, 6.07) is 9.47. The molecule has 0 radical (unpaired) electrons. The molecule has 0 spiro atoms. The van der Waals surface area contributed by atoms with Gasteiger partial charge in [-0.25, -0.2) is 4.39 Å². The van der Waals surface area contributed by atoms with Gasteiger partial charge in [0, 0.05) is 10.9 Å².